The lowest BCUT2D eigenvalue weighted by atomic mass is 10.00. The highest BCUT2D eigenvalue weighted by molar-refractivity contribution is 6.03. The molecule has 1 N–H and O–H groups in total. The van der Waals surface area contributed by atoms with Crippen molar-refractivity contribution in [2.75, 3.05) is 6.61 Å². The van der Waals surface area contributed by atoms with Crippen LogP contribution in [0.1, 0.15) is 11.1 Å². The number of rotatable bonds is 2. The number of carbonyl (C=O) groups excluding carboxylic acids is 1. The summed E-state index contributed by atoms with van der Waals surface area (Å²) in [6.45, 7) is 2.00. The Morgan fingerprint density at radius 3 is 2.71 bits per heavy atom. The van der Waals surface area contributed by atoms with Crippen LogP contribution in [0.4, 0.5) is 9.18 Å². The average Bonchev–Trinajstić information content (AvgIpc) is 2.48. The van der Waals surface area contributed by atoms with E-state index in [1.807, 2.05) is 31.2 Å². The van der Waals surface area contributed by atoms with E-state index >= 15 is 0 Å². The van der Waals surface area contributed by atoms with Gasteiger partial charge in [-0.05, 0) is 18.6 Å². The molecule has 0 fully saturated rings. The molecule has 0 radical (unpaired) electrons. The second kappa shape index (κ2) is 5.36. The van der Waals surface area contributed by atoms with Gasteiger partial charge >= 0.3 is 6.09 Å². The number of cyclic esters (lactones) is 1. The van der Waals surface area contributed by atoms with Crippen molar-refractivity contribution in [2.24, 2.45) is 5.10 Å². The first kappa shape index (κ1) is 13.3. The monoisotopic (exact) mass is 284 g/mol. The lowest BCUT2D eigenvalue weighted by Gasteiger charge is -2.14. The van der Waals surface area contributed by atoms with Crippen LogP contribution < -0.4 is 5.43 Å². The molecule has 5 heteroatoms. The van der Waals surface area contributed by atoms with Crippen LogP contribution >= 0.6 is 0 Å². The quantitative estimate of drug-likeness (QED) is 0.920. The molecule has 1 heterocycles. The highest BCUT2D eigenvalue weighted by atomic mass is 19.1. The van der Waals surface area contributed by atoms with Gasteiger partial charge in [0.2, 0.25) is 0 Å². The van der Waals surface area contributed by atoms with Gasteiger partial charge in [-0.3, -0.25) is 0 Å². The second-order valence-corrected chi connectivity index (χ2v) is 4.81. The Labute approximate surface area is 121 Å². The van der Waals surface area contributed by atoms with Gasteiger partial charge in [-0.2, -0.15) is 5.10 Å². The fourth-order valence-corrected chi connectivity index (χ4v) is 2.20. The lowest BCUT2D eigenvalue weighted by Crippen LogP contribution is -2.30. The molecule has 0 saturated heterocycles. The Bertz CT molecular complexity index is 741. The van der Waals surface area contributed by atoms with Crippen LogP contribution in [0.5, 0.6) is 0 Å². The van der Waals surface area contributed by atoms with Crippen molar-refractivity contribution in [3.63, 3.8) is 0 Å². The van der Waals surface area contributed by atoms with Gasteiger partial charge in [0.15, 0.2) is 0 Å². The van der Waals surface area contributed by atoms with Gasteiger partial charge < -0.3 is 4.74 Å². The Kier molecular flexibility index (Phi) is 3.39. The molecular formula is C16H13FN2O2. The third kappa shape index (κ3) is 2.76. The first-order valence-electron chi connectivity index (χ1n) is 6.50. The van der Waals surface area contributed by atoms with E-state index in [1.54, 1.807) is 12.1 Å². The van der Waals surface area contributed by atoms with Gasteiger partial charge in [-0.15, -0.1) is 0 Å². The van der Waals surface area contributed by atoms with Crippen molar-refractivity contribution in [1.29, 1.82) is 0 Å². The standard InChI is InChI=1S/C16H13FN2O2/c1-10-3-2-4-11(7-10)13-6-5-12(8-14(13)17)15-9-21-16(20)19-18-15/h2-8H,9H2,1H3,(H,19,20). The zero-order valence-electron chi connectivity index (χ0n) is 11.4. The molecule has 2 aromatic rings. The van der Waals surface area contributed by atoms with Crippen molar-refractivity contribution in [2.45, 2.75) is 6.92 Å². The lowest BCUT2D eigenvalue weighted by molar-refractivity contribution is 0.157. The number of nitrogens with zero attached hydrogens (tertiary/aromatic N) is 1. The minimum atomic E-state index is -0.601. The normalized spacial score (nSPS) is 14.2. The summed E-state index contributed by atoms with van der Waals surface area (Å²) in [5.41, 5.74) is 5.72. The number of hydrogen-bond acceptors (Lipinski definition) is 3. The molecule has 0 unspecified atom stereocenters. The summed E-state index contributed by atoms with van der Waals surface area (Å²) >= 11 is 0. The number of amides is 1. The number of nitrogens with one attached hydrogen (secondary N) is 1. The van der Waals surface area contributed by atoms with Crippen LogP contribution in [0.25, 0.3) is 11.1 Å². The van der Waals surface area contributed by atoms with E-state index in [9.17, 15) is 9.18 Å². The largest absolute Gasteiger partial charge is 0.442 e. The first-order chi connectivity index (χ1) is 10.1. The fraction of sp³-hybridized carbons (Fsp3) is 0.125. The molecule has 0 bridgehead atoms. The number of ether oxygens (including phenoxy) is 1. The molecule has 0 saturated carbocycles. The van der Waals surface area contributed by atoms with E-state index in [4.69, 9.17) is 4.74 Å². The first-order valence-corrected chi connectivity index (χ1v) is 6.50. The van der Waals surface area contributed by atoms with E-state index in [0.29, 0.717) is 16.8 Å². The molecule has 0 aliphatic carbocycles. The summed E-state index contributed by atoms with van der Waals surface area (Å²) < 4.78 is 19.1. The summed E-state index contributed by atoms with van der Waals surface area (Å²) in [6, 6.07) is 12.5. The van der Waals surface area contributed by atoms with Crippen LogP contribution in [0.15, 0.2) is 47.6 Å². The van der Waals surface area contributed by atoms with Crippen LogP contribution in [0.2, 0.25) is 0 Å². The highest BCUT2D eigenvalue weighted by Gasteiger charge is 2.15. The number of benzene rings is 2. The van der Waals surface area contributed by atoms with Crippen molar-refractivity contribution < 1.29 is 13.9 Å². The molecule has 106 valence electrons. The van der Waals surface area contributed by atoms with Gasteiger partial charge in [0.05, 0.1) is 0 Å². The molecule has 4 nitrogen and oxygen atoms in total. The minimum absolute atomic E-state index is 0.0368. The van der Waals surface area contributed by atoms with Crippen LogP contribution in [0, 0.1) is 12.7 Å². The topological polar surface area (TPSA) is 50.7 Å². The molecule has 0 atom stereocenters. The maximum Gasteiger partial charge on any atom is 0.428 e. The predicted octanol–water partition coefficient (Wildman–Crippen LogP) is 3.25. The molecule has 0 spiro atoms. The number of hydrazone groups is 1. The Morgan fingerprint density at radius 2 is 2.05 bits per heavy atom. The predicted molar refractivity (Wildman–Crippen MR) is 77.6 cm³/mol. The Morgan fingerprint density at radius 1 is 1.19 bits per heavy atom. The molecule has 2 aromatic carbocycles. The Hall–Kier alpha value is -2.69. The molecule has 1 amide bonds. The van der Waals surface area contributed by atoms with Crippen molar-refractivity contribution in [3.8, 4) is 11.1 Å². The summed E-state index contributed by atoms with van der Waals surface area (Å²) in [4.78, 5) is 10.9. The van der Waals surface area contributed by atoms with Gasteiger partial charge in [0.1, 0.15) is 18.1 Å². The van der Waals surface area contributed by atoms with Crippen LogP contribution in [0.3, 0.4) is 0 Å². The summed E-state index contributed by atoms with van der Waals surface area (Å²) in [5.74, 6) is -0.335. The second-order valence-electron chi connectivity index (χ2n) is 4.81. The maximum absolute atomic E-state index is 14.3. The molecule has 21 heavy (non-hydrogen) atoms. The molecule has 3 rings (SSSR count). The van der Waals surface area contributed by atoms with E-state index < -0.39 is 6.09 Å². The number of hydrogen-bond donors (Lipinski definition) is 1. The van der Waals surface area contributed by atoms with E-state index in [-0.39, 0.29) is 12.4 Å². The summed E-state index contributed by atoms with van der Waals surface area (Å²) in [6.07, 6.45) is -0.601. The van der Waals surface area contributed by atoms with Gasteiger partial charge in [-0.25, -0.2) is 14.6 Å². The van der Waals surface area contributed by atoms with E-state index in [0.717, 1.165) is 11.1 Å². The average molecular weight is 284 g/mol. The van der Waals surface area contributed by atoms with Crippen molar-refractivity contribution in [3.05, 3.63) is 59.4 Å². The van der Waals surface area contributed by atoms with Crippen LogP contribution in [-0.2, 0) is 4.74 Å². The molecule has 0 aromatic heterocycles. The highest BCUT2D eigenvalue weighted by Crippen LogP contribution is 2.24. The fourth-order valence-electron chi connectivity index (χ4n) is 2.20. The third-order valence-corrected chi connectivity index (χ3v) is 3.25. The summed E-state index contributed by atoms with van der Waals surface area (Å²) in [5, 5.41) is 3.86. The van der Waals surface area contributed by atoms with Gasteiger partial charge in [0.25, 0.3) is 0 Å². The van der Waals surface area contributed by atoms with Gasteiger partial charge in [0, 0.05) is 11.1 Å². The molecule has 1 aliphatic heterocycles. The number of aryl methyl sites for hydroxylation is 1. The Balaban J connectivity index is 1.95. The van der Waals surface area contributed by atoms with Gasteiger partial charge in [-0.1, -0.05) is 42.0 Å². The molecule has 1 aliphatic rings. The van der Waals surface area contributed by atoms with Crippen LogP contribution in [-0.4, -0.2) is 18.4 Å². The smallest absolute Gasteiger partial charge is 0.428 e. The molecular weight excluding hydrogens is 271 g/mol. The minimum Gasteiger partial charge on any atom is -0.442 e. The number of carbonyl (C=O) groups is 1. The zero-order valence-corrected chi connectivity index (χ0v) is 11.4. The van der Waals surface area contributed by atoms with Crippen molar-refractivity contribution >= 4 is 11.8 Å². The summed E-state index contributed by atoms with van der Waals surface area (Å²) in [7, 11) is 0. The van der Waals surface area contributed by atoms with E-state index in [2.05, 4.69) is 10.5 Å². The maximum atomic E-state index is 14.3. The number of halogens is 1. The zero-order chi connectivity index (χ0) is 14.8. The SMILES string of the molecule is Cc1cccc(-c2ccc(C3=NNC(=O)OC3)cc2F)c1. The van der Waals surface area contributed by atoms with Crippen molar-refractivity contribution in [1.82, 2.24) is 5.43 Å². The van der Waals surface area contributed by atoms with E-state index in [1.165, 1.54) is 6.07 Å². The third-order valence-electron chi connectivity index (χ3n) is 3.25.